The Labute approximate surface area is 122 Å². The number of nitrogens with zero attached hydrogens (tertiary/aromatic N) is 2. The van der Waals surface area contributed by atoms with Gasteiger partial charge < -0.3 is 15.5 Å². The first-order valence-corrected chi connectivity index (χ1v) is 7.18. The van der Waals surface area contributed by atoms with Gasteiger partial charge in [-0.25, -0.2) is 4.79 Å². The van der Waals surface area contributed by atoms with Gasteiger partial charge in [0.25, 0.3) is 5.69 Å². The molecule has 2 fully saturated rings. The molecule has 0 spiro atoms. The van der Waals surface area contributed by atoms with Gasteiger partial charge in [0.15, 0.2) is 0 Å². The fourth-order valence-electron chi connectivity index (χ4n) is 3.18. The van der Waals surface area contributed by atoms with Crippen molar-refractivity contribution in [2.45, 2.75) is 18.9 Å². The number of likely N-dealkylation sites (tertiary alicyclic amines) is 1. The first-order chi connectivity index (χ1) is 10.1. The van der Waals surface area contributed by atoms with Gasteiger partial charge >= 0.3 is 6.03 Å². The molecule has 0 bridgehead atoms. The molecular formula is C14H18N4O3. The van der Waals surface area contributed by atoms with E-state index in [0.29, 0.717) is 11.6 Å². The van der Waals surface area contributed by atoms with Crippen molar-refractivity contribution >= 4 is 17.4 Å². The van der Waals surface area contributed by atoms with Crippen molar-refractivity contribution in [1.29, 1.82) is 0 Å². The lowest BCUT2D eigenvalue weighted by Gasteiger charge is -2.36. The number of piperidine rings is 1. The number of amides is 2. The van der Waals surface area contributed by atoms with E-state index in [4.69, 9.17) is 0 Å². The Bertz CT molecular complexity index is 546. The predicted octanol–water partition coefficient (Wildman–Crippen LogP) is 1.81. The number of hydrogen-bond donors (Lipinski definition) is 2. The van der Waals surface area contributed by atoms with E-state index in [-0.39, 0.29) is 17.8 Å². The van der Waals surface area contributed by atoms with E-state index in [1.165, 1.54) is 18.6 Å². The first kappa shape index (κ1) is 13.8. The minimum absolute atomic E-state index is 0.0195. The average Bonchev–Trinajstić information content (AvgIpc) is 2.96. The summed E-state index contributed by atoms with van der Waals surface area (Å²) in [7, 11) is 0. The normalized spacial score (nSPS) is 24.5. The van der Waals surface area contributed by atoms with Crippen molar-refractivity contribution in [3.05, 3.63) is 34.4 Å². The van der Waals surface area contributed by atoms with Gasteiger partial charge in [0.2, 0.25) is 0 Å². The Balaban J connectivity index is 1.66. The zero-order valence-electron chi connectivity index (χ0n) is 11.6. The van der Waals surface area contributed by atoms with Crippen LogP contribution in [-0.4, -0.2) is 41.5 Å². The number of nitrogens with one attached hydrogen (secondary N) is 2. The van der Waals surface area contributed by atoms with Crippen LogP contribution in [0.5, 0.6) is 0 Å². The minimum Gasteiger partial charge on any atom is -0.320 e. The molecule has 2 aliphatic rings. The van der Waals surface area contributed by atoms with Crippen LogP contribution in [0.1, 0.15) is 12.8 Å². The van der Waals surface area contributed by atoms with Gasteiger partial charge in [-0.15, -0.1) is 0 Å². The lowest BCUT2D eigenvalue weighted by molar-refractivity contribution is -0.384. The van der Waals surface area contributed by atoms with E-state index >= 15 is 0 Å². The second-order valence-electron chi connectivity index (χ2n) is 5.56. The average molecular weight is 290 g/mol. The molecule has 0 aromatic heterocycles. The largest absolute Gasteiger partial charge is 0.322 e. The molecule has 7 heteroatoms. The third-order valence-electron chi connectivity index (χ3n) is 4.27. The Morgan fingerprint density at radius 2 is 2.10 bits per heavy atom. The number of benzene rings is 1. The molecule has 7 nitrogen and oxygen atoms in total. The Hall–Kier alpha value is -2.15. The molecule has 2 heterocycles. The number of rotatable bonds is 2. The number of carbonyl (C=O) groups is 1. The number of carbonyl (C=O) groups excluding carboxylic acids is 1. The first-order valence-electron chi connectivity index (χ1n) is 7.18. The lowest BCUT2D eigenvalue weighted by Crippen LogP contribution is -2.50. The van der Waals surface area contributed by atoms with Crippen LogP contribution in [0.2, 0.25) is 0 Å². The van der Waals surface area contributed by atoms with E-state index in [0.717, 1.165) is 26.1 Å². The summed E-state index contributed by atoms with van der Waals surface area (Å²) in [6.07, 6.45) is 2.19. The van der Waals surface area contributed by atoms with Crippen molar-refractivity contribution < 1.29 is 9.72 Å². The summed E-state index contributed by atoms with van der Waals surface area (Å²) in [6.45, 7) is 2.59. The van der Waals surface area contributed by atoms with Gasteiger partial charge in [-0.2, -0.15) is 0 Å². The summed E-state index contributed by atoms with van der Waals surface area (Å²) in [5.74, 6) is 0.543. The molecule has 3 rings (SSSR count). The molecule has 112 valence electrons. The molecular weight excluding hydrogens is 272 g/mol. The van der Waals surface area contributed by atoms with E-state index in [1.807, 2.05) is 4.90 Å². The van der Waals surface area contributed by atoms with Crippen molar-refractivity contribution in [1.82, 2.24) is 10.2 Å². The smallest absolute Gasteiger partial charge is 0.320 e. The fraction of sp³-hybridized carbons (Fsp3) is 0.500. The highest BCUT2D eigenvalue weighted by Gasteiger charge is 2.37. The van der Waals surface area contributed by atoms with Crippen LogP contribution in [0.3, 0.4) is 0 Å². The van der Waals surface area contributed by atoms with Crippen molar-refractivity contribution in [3.63, 3.8) is 0 Å². The Kier molecular flexibility index (Phi) is 3.74. The lowest BCUT2D eigenvalue weighted by atomic mass is 9.92. The number of hydrogen-bond acceptors (Lipinski definition) is 4. The fourth-order valence-corrected chi connectivity index (χ4v) is 3.18. The van der Waals surface area contributed by atoms with Crippen LogP contribution >= 0.6 is 0 Å². The summed E-state index contributed by atoms with van der Waals surface area (Å²) in [4.78, 5) is 24.4. The van der Waals surface area contributed by atoms with Crippen LogP contribution in [-0.2, 0) is 0 Å². The molecule has 2 atom stereocenters. The van der Waals surface area contributed by atoms with Gasteiger partial charge in [-0.05, 0) is 30.9 Å². The standard InChI is InChI=1S/C14H18N4O3/c19-14(16-11-3-5-12(6-4-11)18(20)21)17-7-1-2-10-8-15-9-13(10)17/h3-6,10,13,15H,1-2,7-9H2,(H,16,19). The number of nitro groups is 1. The summed E-state index contributed by atoms with van der Waals surface area (Å²) < 4.78 is 0. The number of non-ortho nitro benzene ring substituents is 1. The third-order valence-corrected chi connectivity index (χ3v) is 4.27. The number of fused-ring (bicyclic) bond motifs is 1. The second kappa shape index (κ2) is 5.69. The Morgan fingerprint density at radius 3 is 2.81 bits per heavy atom. The van der Waals surface area contributed by atoms with E-state index in [2.05, 4.69) is 10.6 Å². The molecule has 2 unspecified atom stereocenters. The van der Waals surface area contributed by atoms with Crippen molar-refractivity contribution in [3.8, 4) is 0 Å². The quantitative estimate of drug-likeness (QED) is 0.642. The maximum absolute atomic E-state index is 12.4. The van der Waals surface area contributed by atoms with Gasteiger partial charge in [-0.3, -0.25) is 10.1 Å². The van der Waals surface area contributed by atoms with Gasteiger partial charge in [0.05, 0.1) is 4.92 Å². The zero-order chi connectivity index (χ0) is 14.8. The Morgan fingerprint density at radius 1 is 1.33 bits per heavy atom. The van der Waals surface area contributed by atoms with Crippen LogP contribution in [0.4, 0.5) is 16.2 Å². The van der Waals surface area contributed by atoms with Crippen molar-refractivity contribution in [2.24, 2.45) is 5.92 Å². The van der Waals surface area contributed by atoms with Gasteiger partial charge in [-0.1, -0.05) is 0 Å². The van der Waals surface area contributed by atoms with Crippen LogP contribution in [0, 0.1) is 16.0 Å². The van der Waals surface area contributed by atoms with E-state index in [9.17, 15) is 14.9 Å². The van der Waals surface area contributed by atoms with Crippen LogP contribution in [0.25, 0.3) is 0 Å². The predicted molar refractivity (Wildman–Crippen MR) is 78.2 cm³/mol. The molecule has 2 saturated heterocycles. The van der Waals surface area contributed by atoms with Crippen molar-refractivity contribution in [2.75, 3.05) is 25.0 Å². The number of urea groups is 1. The number of nitro benzene ring substituents is 1. The van der Waals surface area contributed by atoms with Gasteiger partial charge in [0.1, 0.15) is 0 Å². The molecule has 0 radical (unpaired) electrons. The molecule has 1 aromatic rings. The summed E-state index contributed by atoms with van der Waals surface area (Å²) in [5, 5.41) is 16.8. The zero-order valence-corrected chi connectivity index (χ0v) is 11.6. The SMILES string of the molecule is O=C(Nc1ccc([N+](=O)[O-])cc1)N1CCCC2CNCC21. The summed E-state index contributed by atoms with van der Waals surface area (Å²) in [5.41, 5.74) is 0.602. The van der Waals surface area contributed by atoms with E-state index < -0.39 is 4.92 Å². The molecule has 1 aromatic carbocycles. The third kappa shape index (κ3) is 2.82. The molecule has 21 heavy (non-hydrogen) atoms. The highest BCUT2D eigenvalue weighted by molar-refractivity contribution is 5.89. The maximum atomic E-state index is 12.4. The highest BCUT2D eigenvalue weighted by Crippen LogP contribution is 2.27. The number of anilines is 1. The van der Waals surface area contributed by atoms with Crippen LogP contribution in [0.15, 0.2) is 24.3 Å². The minimum atomic E-state index is -0.453. The molecule has 2 N–H and O–H groups in total. The molecule has 0 saturated carbocycles. The molecule has 2 amide bonds. The second-order valence-corrected chi connectivity index (χ2v) is 5.56. The van der Waals surface area contributed by atoms with Gasteiger partial charge in [0, 0.05) is 43.5 Å². The summed E-state index contributed by atoms with van der Waals surface area (Å²) >= 11 is 0. The molecule has 2 aliphatic heterocycles. The van der Waals surface area contributed by atoms with Crippen LogP contribution < -0.4 is 10.6 Å². The topological polar surface area (TPSA) is 87.5 Å². The highest BCUT2D eigenvalue weighted by atomic mass is 16.6. The summed E-state index contributed by atoms with van der Waals surface area (Å²) in [6, 6.07) is 6.05. The maximum Gasteiger partial charge on any atom is 0.322 e. The molecule has 0 aliphatic carbocycles. The monoisotopic (exact) mass is 290 g/mol. The van der Waals surface area contributed by atoms with E-state index in [1.54, 1.807) is 12.1 Å².